The first-order valence-corrected chi connectivity index (χ1v) is 11.4. The van der Waals surface area contributed by atoms with Gasteiger partial charge in [0, 0.05) is 17.7 Å². The number of nitrogens with zero attached hydrogens (tertiary/aromatic N) is 1. The van der Waals surface area contributed by atoms with Crippen molar-refractivity contribution in [1.29, 1.82) is 0 Å². The zero-order valence-electron chi connectivity index (χ0n) is 14.7. The van der Waals surface area contributed by atoms with Gasteiger partial charge in [-0.2, -0.15) is 0 Å². The van der Waals surface area contributed by atoms with Gasteiger partial charge in [0.25, 0.3) is 0 Å². The zero-order valence-corrected chi connectivity index (χ0v) is 17.1. The third-order valence-corrected chi connectivity index (χ3v) is 7.97. The van der Waals surface area contributed by atoms with Crippen molar-refractivity contribution in [2.75, 3.05) is 13.1 Å². The van der Waals surface area contributed by atoms with Crippen LogP contribution in [0.25, 0.3) is 21.6 Å². The lowest BCUT2D eigenvalue weighted by Crippen LogP contribution is -2.18. The van der Waals surface area contributed by atoms with Crippen molar-refractivity contribution in [3.05, 3.63) is 57.4 Å². The second-order valence-corrected chi connectivity index (χ2v) is 9.67. The second-order valence-electron chi connectivity index (χ2n) is 6.85. The van der Waals surface area contributed by atoms with Crippen molar-refractivity contribution in [3.8, 4) is 27.3 Å². The number of hydrogen-bond acceptors (Lipinski definition) is 5. The minimum absolute atomic E-state index is 0.386. The van der Waals surface area contributed by atoms with Crippen LogP contribution >= 0.6 is 32.9 Å². The molecule has 1 saturated heterocycles. The molecule has 0 atom stereocenters. The quantitative estimate of drug-likeness (QED) is 0.401. The van der Waals surface area contributed by atoms with Gasteiger partial charge >= 0.3 is 0 Å². The van der Waals surface area contributed by atoms with E-state index in [4.69, 9.17) is 12.2 Å². The molecule has 3 aromatic rings. The maximum absolute atomic E-state index is 10.3. The van der Waals surface area contributed by atoms with E-state index in [1.54, 1.807) is 20.7 Å². The van der Waals surface area contributed by atoms with Crippen molar-refractivity contribution in [2.45, 2.75) is 26.3 Å². The Kier molecular flexibility index (Phi) is 5.23. The van der Waals surface area contributed by atoms with Crippen LogP contribution in [0.15, 0.2) is 42.5 Å². The van der Waals surface area contributed by atoms with E-state index in [2.05, 4.69) is 42.2 Å². The van der Waals surface area contributed by atoms with Crippen LogP contribution in [0.3, 0.4) is 0 Å². The van der Waals surface area contributed by atoms with Gasteiger partial charge in [0.1, 0.15) is 9.57 Å². The predicted octanol–water partition coefficient (Wildman–Crippen LogP) is 6.48. The lowest BCUT2D eigenvalue weighted by Gasteiger charge is -2.16. The lowest BCUT2D eigenvalue weighted by molar-refractivity contribution is 0.324. The Morgan fingerprint density at radius 2 is 1.69 bits per heavy atom. The molecule has 26 heavy (non-hydrogen) atoms. The van der Waals surface area contributed by atoms with Crippen LogP contribution in [-0.4, -0.2) is 23.1 Å². The van der Waals surface area contributed by atoms with Gasteiger partial charge in [0.15, 0.2) is 0 Å². The highest BCUT2D eigenvalue weighted by molar-refractivity contribution is 7.80. The Morgan fingerprint density at radius 3 is 2.42 bits per heavy atom. The van der Waals surface area contributed by atoms with Crippen LogP contribution in [0, 0.1) is 10.7 Å². The molecule has 5 heteroatoms. The smallest absolute Gasteiger partial charge is 0.120 e. The van der Waals surface area contributed by atoms with Crippen LogP contribution in [0.1, 0.15) is 24.0 Å². The number of phenols is 1. The molecular weight excluding hydrogens is 378 g/mol. The molecule has 1 aromatic heterocycles. The summed E-state index contributed by atoms with van der Waals surface area (Å²) in [4.78, 5) is 3.61. The molecule has 134 valence electrons. The SMILES string of the molecule is Cc1ccc(-c2c(-c3ccc(O)c(CN4CCCC4)c3)ssc2=S)cc1. The number of likely N-dealkylation sites (tertiary alicyclic amines) is 1. The third kappa shape index (κ3) is 3.62. The summed E-state index contributed by atoms with van der Waals surface area (Å²) in [6.45, 7) is 5.15. The molecule has 2 aromatic carbocycles. The number of aryl methyl sites for hydroxylation is 1. The van der Waals surface area contributed by atoms with Crippen molar-refractivity contribution in [3.63, 3.8) is 0 Å². The van der Waals surface area contributed by atoms with Gasteiger partial charge in [0.05, 0.1) is 4.88 Å². The van der Waals surface area contributed by atoms with Crippen molar-refractivity contribution < 1.29 is 5.11 Å². The number of benzene rings is 2. The van der Waals surface area contributed by atoms with E-state index in [0.29, 0.717) is 5.75 Å². The lowest BCUT2D eigenvalue weighted by atomic mass is 10.0. The van der Waals surface area contributed by atoms with Gasteiger partial charge in [-0.3, -0.25) is 4.90 Å². The topological polar surface area (TPSA) is 23.5 Å². The van der Waals surface area contributed by atoms with E-state index in [9.17, 15) is 5.11 Å². The molecule has 0 radical (unpaired) electrons. The standard InChI is InChI=1S/C21H21NOS3/c1-14-4-6-15(7-5-14)19-20(25-26-21(19)24)16-8-9-18(23)17(12-16)13-22-10-2-3-11-22/h4-9,12,23H,2-3,10-11,13H2,1H3. The predicted molar refractivity (Wildman–Crippen MR) is 115 cm³/mol. The molecule has 2 nitrogen and oxygen atoms in total. The minimum atomic E-state index is 0.386. The Labute approximate surface area is 166 Å². The highest BCUT2D eigenvalue weighted by Gasteiger charge is 2.17. The maximum atomic E-state index is 10.3. The summed E-state index contributed by atoms with van der Waals surface area (Å²) in [5, 5.41) is 10.3. The highest BCUT2D eigenvalue weighted by atomic mass is 32.9. The van der Waals surface area contributed by atoms with Crippen LogP contribution in [-0.2, 0) is 6.54 Å². The van der Waals surface area contributed by atoms with Crippen molar-refractivity contribution >= 4 is 32.9 Å². The van der Waals surface area contributed by atoms with E-state index in [1.165, 1.54) is 28.8 Å². The van der Waals surface area contributed by atoms with Crippen LogP contribution in [0.5, 0.6) is 5.75 Å². The van der Waals surface area contributed by atoms with Gasteiger partial charge in [-0.15, -0.1) is 0 Å². The van der Waals surface area contributed by atoms with Crippen LogP contribution in [0.4, 0.5) is 0 Å². The van der Waals surface area contributed by atoms with Gasteiger partial charge < -0.3 is 5.11 Å². The van der Waals surface area contributed by atoms with Crippen LogP contribution < -0.4 is 0 Å². The van der Waals surface area contributed by atoms with E-state index >= 15 is 0 Å². The fourth-order valence-electron chi connectivity index (χ4n) is 3.45. The number of phenolic OH excluding ortho intramolecular Hbond substituents is 1. The Hall–Kier alpha value is -1.53. The summed E-state index contributed by atoms with van der Waals surface area (Å²) in [5.41, 5.74) is 5.71. The molecule has 0 aliphatic carbocycles. The fraction of sp³-hybridized carbons (Fsp3) is 0.286. The molecule has 2 heterocycles. The van der Waals surface area contributed by atoms with Gasteiger partial charge in [-0.1, -0.05) is 62.7 Å². The van der Waals surface area contributed by atoms with E-state index < -0.39 is 0 Å². The Morgan fingerprint density at radius 1 is 1.00 bits per heavy atom. The van der Waals surface area contributed by atoms with Gasteiger partial charge in [-0.25, -0.2) is 0 Å². The van der Waals surface area contributed by atoms with Gasteiger partial charge in [-0.05, 0) is 62.2 Å². The molecule has 0 bridgehead atoms. The molecule has 0 saturated carbocycles. The van der Waals surface area contributed by atoms with Gasteiger partial charge in [0.2, 0.25) is 0 Å². The number of hydrogen-bond donors (Lipinski definition) is 1. The summed E-state index contributed by atoms with van der Waals surface area (Å²) in [5.74, 6) is 0.386. The fourth-order valence-corrected chi connectivity index (χ4v) is 6.36. The van der Waals surface area contributed by atoms with E-state index in [1.807, 2.05) is 12.1 Å². The second kappa shape index (κ2) is 7.61. The molecule has 1 aliphatic rings. The number of rotatable bonds is 4. The first-order valence-electron chi connectivity index (χ1n) is 8.86. The molecule has 1 fully saturated rings. The third-order valence-electron chi connectivity index (χ3n) is 4.91. The summed E-state index contributed by atoms with van der Waals surface area (Å²) >= 11 is 5.63. The monoisotopic (exact) mass is 399 g/mol. The maximum Gasteiger partial charge on any atom is 0.120 e. The minimum Gasteiger partial charge on any atom is -0.508 e. The first-order chi connectivity index (χ1) is 12.6. The Bertz CT molecular complexity index is 966. The molecule has 4 rings (SSSR count). The summed E-state index contributed by atoms with van der Waals surface area (Å²) in [7, 11) is 3.38. The molecule has 0 spiro atoms. The first kappa shape index (κ1) is 17.9. The van der Waals surface area contributed by atoms with E-state index in [0.717, 1.165) is 40.1 Å². The summed E-state index contributed by atoms with van der Waals surface area (Å²) in [6.07, 6.45) is 2.51. The molecular formula is C21H21NOS3. The zero-order chi connectivity index (χ0) is 18.1. The van der Waals surface area contributed by atoms with Crippen molar-refractivity contribution in [1.82, 2.24) is 4.90 Å². The van der Waals surface area contributed by atoms with E-state index in [-0.39, 0.29) is 0 Å². The number of aromatic hydroxyl groups is 1. The molecule has 0 unspecified atom stereocenters. The summed E-state index contributed by atoms with van der Waals surface area (Å²) in [6, 6.07) is 14.5. The Balaban J connectivity index is 1.74. The molecule has 1 aliphatic heterocycles. The summed E-state index contributed by atoms with van der Waals surface area (Å²) < 4.78 is 0.933. The molecule has 1 N–H and O–H groups in total. The normalized spacial score (nSPS) is 14.8. The average molecular weight is 400 g/mol. The average Bonchev–Trinajstić information content (AvgIpc) is 3.27. The molecule has 0 amide bonds. The highest BCUT2D eigenvalue weighted by Crippen LogP contribution is 2.42. The van der Waals surface area contributed by atoms with Crippen molar-refractivity contribution in [2.24, 2.45) is 0 Å². The largest absolute Gasteiger partial charge is 0.508 e. The van der Waals surface area contributed by atoms with Crippen LogP contribution in [0.2, 0.25) is 0 Å².